The SMILES string of the molecule is C[C@@H](CNc1cccc(OCCCc2ccccc2)c1)Oc1ccccc1Cl. The summed E-state index contributed by atoms with van der Waals surface area (Å²) in [6, 6.07) is 26.0. The normalized spacial score (nSPS) is 11.6. The molecule has 0 unspecified atom stereocenters. The van der Waals surface area contributed by atoms with Gasteiger partial charge in [-0.05, 0) is 49.6 Å². The predicted molar refractivity (Wildman–Crippen MR) is 117 cm³/mol. The van der Waals surface area contributed by atoms with Crippen molar-refractivity contribution in [2.45, 2.75) is 25.9 Å². The quantitative estimate of drug-likeness (QED) is 0.412. The molecule has 28 heavy (non-hydrogen) atoms. The molecular formula is C24H26ClNO2. The molecule has 0 radical (unpaired) electrons. The molecule has 0 aliphatic rings. The van der Waals surface area contributed by atoms with E-state index in [-0.39, 0.29) is 6.10 Å². The zero-order valence-corrected chi connectivity index (χ0v) is 16.9. The van der Waals surface area contributed by atoms with E-state index in [9.17, 15) is 0 Å². The number of benzene rings is 3. The monoisotopic (exact) mass is 395 g/mol. The molecule has 146 valence electrons. The minimum Gasteiger partial charge on any atom is -0.494 e. The maximum Gasteiger partial charge on any atom is 0.138 e. The molecule has 0 saturated heterocycles. The summed E-state index contributed by atoms with van der Waals surface area (Å²) in [5, 5.41) is 4.02. The molecule has 3 nitrogen and oxygen atoms in total. The highest BCUT2D eigenvalue weighted by Crippen LogP contribution is 2.24. The Labute approximate surface area is 172 Å². The third-order valence-corrected chi connectivity index (χ3v) is 4.63. The lowest BCUT2D eigenvalue weighted by molar-refractivity contribution is 0.235. The van der Waals surface area contributed by atoms with Crippen molar-refractivity contribution in [1.82, 2.24) is 0 Å². The molecule has 0 aromatic heterocycles. The topological polar surface area (TPSA) is 30.5 Å². The highest BCUT2D eigenvalue weighted by molar-refractivity contribution is 6.32. The van der Waals surface area contributed by atoms with Crippen LogP contribution in [0.2, 0.25) is 5.02 Å². The summed E-state index contributed by atoms with van der Waals surface area (Å²) >= 11 is 6.14. The van der Waals surface area contributed by atoms with E-state index >= 15 is 0 Å². The fourth-order valence-electron chi connectivity index (χ4n) is 2.87. The molecular weight excluding hydrogens is 370 g/mol. The van der Waals surface area contributed by atoms with E-state index in [4.69, 9.17) is 21.1 Å². The van der Waals surface area contributed by atoms with Crippen molar-refractivity contribution in [2.75, 3.05) is 18.5 Å². The fraction of sp³-hybridized carbons (Fsp3) is 0.250. The number of nitrogens with one attached hydrogen (secondary N) is 1. The molecule has 0 amide bonds. The van der Waals surface area contributed by atoms with Crippen LogP contribution in [0.3, 0.4) is 0 Å². The molecule has 1 atom stereocenters. The number of para-hydroxylation sites is 1. The zero-order chi connectivity index (χ0) is 19.6. The summed E-state index contributed by atoms with van der Waals surface area (Å²) in [4.78, 5) is 0. The Bertz CT molecular complexity index is 854. The maximum absolute atomic E-state index is 6.14. The first-order valence-corrected chi connectivity index (χ1v) is 10.0. The first-order valence-electron chi connectivity index (χ1n) is 9.62. The molecule has 3 aromatic carbocycles. The van der Waals surface area contributed by atoms with Crippen LogP contribution in [0.1, 0.15) is 18.9 Å². The van der Waals surface area contributed by atoms with Crippen LogP contribution < -0.4 is 14.8 Å². The summed E-state index contributed by atoms with van der Waals surface area (Å²) in [7, 11) is 0. The van der Waals surface area contributed by atoms with Gasteiger partial charge < -0.3 is 14.8 Å². The maximum atomic E-state index is 6.14. The van der Waals surface area contributed by atoms with Gasteiger partial charge in [-0.1, -0.05) is 60.1 Å². The first-order chi connectivity index (χ1) is 13.7. The molecule has 0 aliphatic heterocycles. The molecule has 0 heterocycles. The number of aryl methyl sites for hydroxylation is 1. The Hall–Kier alpha value is -2.65. The average Bonchev–Trinajstić information content (AvgIpc) is 2.73. The van der Waals surface area contributed by atoms with Crippen molar-refractivity contribution in [3.63, 3.8) is 0 Å². The zero-order valence-electron chi connectivity index (χ0n) is 16.1. The van der Waals surface area contributed by atoms with Crippen molar-refractivity contribution in [3.05, 3.63) is 89.4 Å². The number of hydrogen-bond donors (Lipinski definition) is 1. The van der Waals surface area contributed by atoms with Crippen LogP contribution in [0.5, 0.6) is 11.5 Å². The minimum absolute atomic E-state index is 0.0182. The standard InChI is InChI=1S/C24H26ClNO2/c1-19(28-24-15-6-5-14-23(24)25)18-26-21-12-7-13-22(17-21)27-16-8-11-20-9-3-2-4-10-20/h2-7,9-10,12-15,17,19,26H,8,11,16,18H2,1H3/t19-/m0/s1. The van der Waals surface area contributed by atoms with E-state index in [1.165, 1.54) is 5.56 Å². The fourth-order valence-corrected chi connectivity index (χ4v) is 3.05. The third-order valence-electron chi connectivity index (χ3n) is 4.31. The van der Waals surface area contributed by atoms with E-state index in [1.807, 2.05) is 61.5 Å². The van der Waals surface area contributed by atoms with Crippen molar-refractivity contribution < 1.29 is 9.47 Å². The summed E-state index contributed by atoms with van der Waals surface area (Å²) in [6.45, 7) is 3.38. The predicted octanol–water partition coefficient (Wildman–Crippen LogP) is 6.23. The van der Waals surface area contributed by atoms with Gasteiger partial charge in [0.05, 0.1) is 18.2 Å². The van der Waals surface area contributed by atoms with Gasteiger partial charge in [0.1, 0.15) is 17.6 Å². The Balaban J connectivity index is 1.42. The van der Waals surface area contributed by atoms with Gasteiger partial charge in [-0.2, -0.15) is 0 Å². The van der Waals surface area contributed by atoms with Gasteiger partial charge in [0.25, 0.3) is 0 Å². The lowest BCUT2D eigenvalue weighted by Gasteiger charge is -2.17. The molecule has 1 N–H and O–H groups in total. The molecule has 4 heteroatoms. The van der Waals surface area contributed by atoms with Gasteiger partial charge >= 0.3 is 0 Å². The Morgan fingerprint density at radius 3 is 2.54 bits per heavy atom. The van der Waals surface area contributed by atoms with Crippen molar-refractivity contribution in [3.8, 4) is 11.5 Å². The van der Waals surface area contributed by atoms with Gasteiger partial charge in [-0.15, -0.1) is 0 Å². The molecule has 0 aliphatic carbocycles. The summed E-state index contributed by atoms with van der Waals surface area (Å²) in [5.41, 5.74) is 2.35. The Morgan fingerprint density at radius 2 is 1.71 bits per heavy atom. The van der Waals surface area contributed by atoms with E-state index in [2.05, 4.69) is 29.6 Å². The summed E-state index contributed by atoms with van der Waals surface area (Å²) < 4.78 is 11.8. The largest absolute Gasteiger partial charge is 0.494 e. The first kappa shape index (κ1) is 20.1. The summed E-state index contributed by atoms with van der Waals surface area (Å²) in [6.07, 6.45) is 2.00. The van der Waals surface area contributed by atoms with Crippen LogP contribution >= 0.6 is 11.6 Å². The Morgan fingerprint density at radius 1 is 0.929 bits per heavy atom. The molecule has 0 spiro atoms. The average molecular weight is 396 g/mol. The molecule has 3 aromatic rings. The van der Waals surface area contributed by atoms with Crippen molar-refractivity contribution >= 4 is 17.3 Å². The summed E-state index contributed by atoms with van der Waals surface area (Å²) in [5.74, 6) is 1.58. The lowest BCUT2D eigenvalue weighted by atomic mass is 10.1. The molecule has 0 saturated carbocycles. The van der Waals surface area contributed by atoms with Gasteiger partial charge in [-0.3, -0.25) is 0 Å². The van der Waals surface area contributed by atoms with Gasteiger partial charge in [-0.25, -0.2) is 0 Å². The van der Waals surface area contributed by atoms with Crippen molar-refractivity contribution in [2.24, 2.45) is 0 Å². The molecule has 3 rings (SSSR count). The van der Waals surface area contributed by atoms with Gasteiger partial charge in [0, 0.05) is 11.8 Å². The molecule has 0 bridgehead atoms. The second kappa shape index (κ2) is 10.6. The Kier molecular flexibility index (Phi) is 7.62. The number of anilines is 1. The van der Waals surface area contributed by atoms with Crippen LogP contribution in [0.4, 0.5) is 5.69 Å². The third kappa shape index (κ3) is 6.50. The van der Waals surface area contributed by atoms with Gasteiger partial charge in [0.2, 0.25) is 0 Å². The minimum atomic E-state index is -0.0182. The smallest absolute Gasteiger partial charge is 0.138 e. The van der Waals surface area contributed by atoms with Crippen LogP contribution in [0.25, 0.3) is 0 Å². The van der Waals surface area contributed by atoms with Gasteiger partial charge in [0.15, 0.2) is 0 Å². The second-order valence-electron chi connectivity index (χ2n) is 6.71. The molecule has 0 fully saturated rings. The van der Waals surface area contributed by atoms with E-state index < -0.39 is 0 Å². The number of rotatable bonds is 10. The van der Waals surface area contributed by atoms with Crippen molar-refractivity contribution in [1.29, 1.82) is 0 Å². The highest BCUT2D eigenvalue weighted by atomic mass is 35.5. The van der Waals surface area contributed by atoms with E-state index in [0.29, 0.717) is 23.9 Å². The van der Waals surface area contributed by atoms with Crippen LogP contribution in [-0.2, 0) is 6.42 Å². The van der Waals surface area contributed by atoms with Crippen LogP contribution in [0, 0.1) is 0 Å². The van der Waals surface area contributed by atoms with E-state index in [1.54, 1.807) is 0 Å². The highest BCUT2D eigenvalue weighted by Gasteiger charge is 2.07. The van der Waals surface area contributed by atoms with E-state index in [0.717, 1.165) is 24.3 Å². The number of halogens is 1. The lowest BCUT2D eigenvalue weighted by Crippen LogP contribution is -2.22. The number of ether oxygens (including phenoxy) is 2. The van der Waals surface area contributed by atoms with Crippen LogP contribution in [0.15, 0.2) is 78.9 Å². The second-order valence-corrected chi connectivity index (χ2v) is 7.11. The van der Waals surface area contributed by atoms with Crippen LogP contribution in [-0.4, -0.2) is 19.3 Å². The number of hydrogen-bond acceptors (Lipinski definition) is 3.